The smallest absolute Gasteiger partial charge is 0.403 e. The third kappa shape index (κ3) is 2.05. The number of hydrogen-bond donors (Lipinski definition) is 0. The zero-order chi connectivity index (χ0) is 12.0. The van der Waals surface area contributed by atoms with Crippen molar-refractivity contribution in [3.63, 3.8) is 0 Å². The maximum absolute atomic E-state index is 11.6. The molecule has 1 aliphatic carbocycles. The molecule has 4 heteroatoms. The summed E-state index contributed by atoms with van der Waals surface area (Å²) < 4.78 is 11.8. The van der Waals surface area contributed by atoms with Crippen LogP contribution < -0.4 is 0 Å². The SMILES string of the molecule is CC1(C)OB(C[C@H]2CCCC2=O)OC1(C)C. The van der Waals surface area contributed by atoms with E-state index in [1.807, 2.05) is 27.7 Å². The molecule has 2 fully saturated rings. The molecule has 16 heavy (non-hydrogen) atoms. The van der Waals surface area contributed by atoms with Crippen LogP contribution >= 0.6 is 0 Å². The van der Waals surface area contributed by atoms with E-state index < -0.39 is 0 Å². The maximum atomic E-state index is 11.6. The van der Waals surface area contributed by atoms with Gasteiger partial charge in [0.2, 0.25) is 0 Å². The van der Waals surface area contributed by atoms with Crippen molar-refractivity contribution in [2.75, 3.05) is 0 Å². The van der Waals surface area contributed by atoms with Crippen molar-refractivity contribution in [3.8, 4) is 0 Å². The number of carbonyl (C=O) groups is 1. The van der Waals surface area contributed by atoms with Crippen molar-refractivity contribution in [1.82, 2.24) is 0 Å². The lowest BCUT2D eigenvalue weighted by atomic mass is 9.76. The largest absolute Gasteiger partial charge is 0.458 e. The van der Waals surface area contributed by atoms with E-state index in [-0.39, 0.29) is 24.2 Å². The standard InChI is InChI=1S/C12H21BO3/c1-11(2)12(3,4)16-13(15-11)8-9-6-5-7-10(9)14/h9H,5-8H2,1-4H3/t9-/m1/s1. The second kappa shape index (κ2) is 3.85. The Morgan fingerprint density at radius 2 is 1.81 bits per heavy atom. The van der Waals surface area contributed by atoms with Gasteiger partial charge in [0.1, 0.15) is 5.78 Å². The van der Waals surface area contributed by atoms with E-state index in [0.29, 0.717) is 5.78 Å². The molecule has 1 atom stereocenters. The Morgan fingerprint density at radius 1 is 1.25 bits per heavy atom. The molecule has 2 rings (SSSR count). The number of ketones is 1. The van der Waals surface area contributed by atoms with Gasteiger partial charge in [-0.2, -0.15) is 0 Å². The van der Waals surface area contributed by atoms with Crippen molar-refractivity contribution in [1.29, 1.82) is 0 Å². The normalized spacial score (nSPS) is 32.4. The zero-order valence-electron chi connectivity index (χ0n) is 10.7. The summed E-state index contributed by atoms with van der Waals surface area (Å²) in [6.45, 7) is 8.18. The average Bonchev–Trinajstić information content (AvgIpc) is 2.57. The molecule has 1 saturated heterocycles. The molecule has 0 aromatic rings. The molecule has 1 heterocycles. The first-order valence-corrected chi connectivity index (χ1v) is 6.20. The number of rotatable bonds is 2. The van der Waals surface area contributed by atoms with E-state index in [0.717, 1.165) is 25.6 Å². The highest BCUT2D eigenvalue weighted by molar-refractivity contribution is 6.46. The summed E-state index contributed by atoms with van der Waals surface area (Å²) in [4.78, 5) is 11.6. The number of Topliss-reactive ketones (excluding diaryl/α,β-unsaturated/α-hetero) is 1. The van der Waals surface area contributed by atoms with Gasteiger partial charge >= 0.3 is 7.12 Å². The molecular formula is C12H21BO3. The van der Waals surface area contributed by atoms with Crippen LogP contribution in [0.2, 0.25) is 6.32 Å². The Bertz CT molecular complexity index is 283. The van der Waals surface area contributed by atoms with Crippen molar-refractivity contribution < 1.29 is 14.1 Å². The van der Waals surface area contributed by atoms with E-state index in [1.165, 1.54) is 0 Å². The lowest BCUT2D eigenvalue weighted by Gasteiger charge is -2.32. The van der Waals surface area contributed by atoms with Gasteiger partial charge in [-0.25, -0.2) is 0 Å². The van der Waals surface area contributed by atoms with Gasteiger partial charge in [0.05, 0.1) is 11.2 Å². The molecule has 0 aromatic heterocycles. The van der Waals surface area contributed by atoms with Crippen LogP contribution in [0.4, 0.5) is 0 Å². The second-order valence-electron chi connectivity index (χ2n) is 5.98. The summed E-state index contributed by atoms with van der Waals surface area (Å²) in [5.41, 5.74) is -0.557. The number of carbonyl (C=O) groups excluding carboxylic acids is 1. The first-order chi connectivity index (χ1) is 7.32. The van der Waals surface area contributed by atoms with Crippen LogP contribution in [0.3, 0.4) is 0 Å². The van der Waals surface area contributed by atoms with Gasteiger partial charge in [-0.15, -0.1) is 0 Å². The van der Waals surface area contributed by atoms with Crippen molar-refractivity contribution in [3.05, 3.63) is 0 Å². The first kappa shape index (κ1) is 12.1. The molecule has 1 aliphatic heterocycles. The Morgan fingerprint density at radius 3 is 2.25 bits per heavy atom. The van der Waals surface area contributed by atoms with Crippen LogP contribution in [0.25, 0.3) is 0 Å². The van der Waals surface area contributed by atoms with Gasteiger partial charge in [0, 0.05) is 12.3 Å². The Kier molecular flexibility index (Phi) is 2.91. The van der Waals surface area contributed by atoms with Crippen molar-refractivity contribution in [2.45, 2.75) is 64.5 Å². The van der Waals surface area contributed by atoms with E-state index in [1.54, 1.807) is 0 Å². The summed E-state index contributed by atoms with van der Waals surface area (Å²) in [7, 11) is -0.211. The number of hydrogen-bond acceptors (Lipinski definition) is 3. The van der Waals surface area contributed by atoms with Gasteiger partial charge in [-0.3, -0.25) is 4.79 Å². The molecule has 0 spiro atoms. The maximum Gasteiger partial charge on any atom is 0.458 e. The monoisotopic (exact) mass is 224 g/mol. The molecule has 0 bridgehead atoms. The van der Waals surface area contributed by atoms with Gasteiger partial charge in [-0.1, -0.05) is 0 Å². The summed E-state index contributed by atoms with van der Waals surface area (Å²) in [5, 5.41) is 0. The van der Waals surface area contributed by atoms with E-state index in [9.17, 15) is 4.79 Å². The van der Waals surface area contributed by atoms with Gasteiger partial charge in [-0.05, 0) is 46.9 Å². The van der Waals surface area contributed by atoms with Crippen molar-refractivity contribution >= 4 is 12.9 Å². The summed E-state index contributed by atoms with van der Waals surface area (Å²) in [6.07, 6.45) is 3.50. The highest BCUT2D eigenvalue weighted by Gasteiger charge is 2.51. The summed E-state index contributed by atoms with van der Waals surface area (Å²) in [5.74, 6) is 0.546. The van der Waals surface area contributed by atoms with E-state index in [4.69, 9.17) is 9.31 Å². The highest BCUT2D eigenvalue weighted by atomic mass is 16.7. The van der Waals surface area contributed by atoms with Gasteiger partial charge < -0.3 is 9.31 Å². The summed E-state index contributed by atoms with van der Waals surface area (Å²) >= 11 is 0. The molecule has 0 aromatic carbocycles. The zero-order valence-corrected chi connectivity index (χ0v) is 10.7. The quantitative estimate of drug-likeness (QED) is 0.676. The molecule has 90 valence electrons. The van der Waals surface area contributed by atoms with Crippen molar-refractivity contribution in [2.24, 2.45) is 5.92 Å². The van der Waals surface area contributed by atoms with Gasteiger partial charge in [0.25, 0.3) is 0 Å². The Balaban J connectivity index is 1.96. The summed E-state index contributed by atoms with van der Waals surface area (Å²) in [6, 6.07) is 0. The fraction of sp³-hybridized carbons (Fsp3) is 0.917. The van der Waals surface area contributed by atoms with Crippen LogP contribution in [-0.4, -0.2) is 24.1 Å². The average molecular weight is 224 g/mol. The molecule has 1 saturated carbocycles. The van der Waals surface area contributed by atoms with E-state index in [2.05, 4.69) is 0 Å². The van der Waals surface area contributed by atoms with Crippen LogP contribution in [0.1, 0.15) is 47.0 Å². The lowest BCUT2D eigenvalue weighted by Crippen LogP contribution is -2.41. The topological polar surface area (TPSA) is 35.5 Å². The Hall–Kier alpha value is -0.345. The highest BCUT2D eigenvalue weighted by Crippen LogP contribution is 2.39. The fourth-order valence-corrected chi connectivity index (χ4v) is 2.43. The van der Waals surface area contributed by atoms with Crippen LogP contribution in [0.15, 0.2) is 0 Å². The molecule has 0 unspecified atom stereocenters. The fourth-order valence-electron chi connectivity index (χ4n) is 2.43. The van der Waals surface area contributed by atoms with Crippen LogP contribution in [-0.2, 0) is 14.1 Å². The molecule has 2 aliphatic rings. The minimum atomic E-state index is -0.278. The predicted octanol–water partition coefficient (Wildman–Crippen LogP) is 2.45. The molecule has 0 radical (unpaired) electrons. The lowest BCUT2D eigenvalue weighted by molar-refractivity contribution is -0.120. The molecule has 3 nitrogen and oxygen atoms in total. The van der Waals surface area contributed by atoms with Crippen LogP contribution in [0.5, 0.6) is 0 Å². The minimum Gasteiger partial charge on any atom is -0.403 e. The van der Waals surface area contributed by atoms with Gasteiger partial charge in [0.15, 0.2) is 0 Å². The predicted molar refractivity (Wildman–Crippen MR) is 63.2 cm³/mol. The minimum absolute atomic E-state index is 0.162. The molecule has 0 amide bonds. The molecular weight excluding hydrogens is 203 g/mol. The van der Waals surface area contributed by atoms with Crippen LogP contribution in [0, 0.1) is 5.92 Å². The third-order valence-corrected chi connectivity index (χ3v) is 4.21. The second-order valence-corrected chi connectivity index (χ2v) is 5.98. The van der Waals surface area contributed by atoms with E-state index >= 15 is 0 Å². The molecule has 0 N–H and O–H groups in total. The first-order valence-electron chi connectivity index (χ1n) is 6.20. The third-order valence-electron chi connectivity index (χ3n) is 4.21. The Labute approximate surface area is 98.0 Å².